The normalized spacial score (nSPS) is 10.3. The van der Waals surface area contributed by atoms with Crippen molar-refractivity contribution in [2.45, 2.75) is 19.8 Å². The lowest BCUT2D eigenvalue weighted by molar-refractivity contribution is 0.102. The number of nitrogens with two attached hydrogens (primary N) is 1. The minimum atomic E-state index is -0.158. The highest BCUT2D eigenvalue weighted by Crippen LogP contribution is 2.16. The van der Waals surface area contributed by atoms with Crippen molar-refractivity contribution in [2.75, 3.05) is 29.5 Å². The van der Waals surface area contributed by atoms with Crippen molar-refractivity contribution in [3.8, 4) is 0 Å². The second-order valence-corrected chi connectivity index (χ2v) is 5.25. The van der Waals surface area contributed by atoms with Gasteiger partial charge in [-0.2, -0.15) is 0 Å². The first kappa shape index (κ1) is 15.8. The van der Waals surface area contributed by atoms with Crippen LogP contribution in [0.25, 0.3) is 0 Å². The molecule has 0 fully saturated rings. The summed E-state index contributed by atoms with van der Waals surface area (Å²) in [6, 6.07) is 11.0. The van der Waals surface area contributed by atoms with E-state index in [1.807, 2.05) is 24.3 Å². The van der Waals surface area contributed by atoms with Crippen LogP contribution in [0.1, 0.15) is 30.1 Å². The van der Waals surface area contributed by atoms with Crippen molar-refractivity contribution in [1.29, 1.82) is 0 Å². The molecule has 0 aliphatic carbocycles. The Morgan fingerprint density at radius 2 is 1.95 bits per heavy atom. The Hall–Kier alpha value is -2.56. The van der Waals surface area contributed by atoms with E-state index in [0.717, 1.165) is 18.7 Å². The van der Waals surface area contributed by atoms with E-state index < -0.39 is 0 Å². The maximum atomic E-state index is 12.2. The molecule has 2 rings (SSSR count). The number of hydrogen-bond donors (Lipinski definition) is 2. The van der Waals surface area contributed by atoms with Crippen molar-refractivity contribution >= 4 is 23.1 Å². The molecule has 1 amide bonds. The molecule has 116 valence electrons. The van der Waals surface area contributed by atoms with Crippen LogP contribution in [0.5, 0.6) is 0 Å². The fourth-order valence-corrected chi connectivity index (χ4v) is 2.07. The molecule has 5 nitrogen and oxygen atoms in total. The maximum absolute atomic E-state index is 12.2. The molecule has 5 heteroatoms. The largest absolute Gasteiger partial charge is 0.384 e. The van der Waals surface area contributed by atoms with Gasteiger partial charge in [-0.1, -0.05) is 13.3 Å². The van der Waals surface area contributed by atoms with E-state index in [0.29, 0.717) is 17.1 Å². The molecule has 0 aliphatic rings. The van der Waals surface area contributed by atoms with Gasteiger partial charge in [0, 0.05) is 24.8 Å². The van der Waals surface area contributed by atoms with E-state index in [1.165, 1.54) is 6.42 Å². The molecule has 0 radical (unpaired) electrons. The summed E-state index contributed by atoms with van der Waals surface area (Å²) in [6.45, 7) is 3.19. The summed E-state index contributed by atoms with van der Waals surface area (Å²) in [4.78, 5) is 18.3. The van der Waals surface area contributed by atoms with Crippen LogP contribution in [0.2, 0.25) is 0 Å². The number of carbonyl (C=O) groups is 1. The lowest BCUT2D eigenvalue weighted by Gasteiger charge is -2.19. The van der Waals surface area contributed by atoms with Gasteiger partial charge in [-0.3, -0.25) is 4.79 Å². The van der Waals surface area contributed by atoms with Gasteiger partial charge in [0.15, 0.2) is 0 Å². The number of hydrogen-bond acceptors (Lipinski definition) is 4. The predicted octanol–water partition coefficient (Wildman–Crippen LogP) is 3.15. The summed E-state index contributed by atoms with van der Waals surface area (Å²) < 4.78 is 0. The minimum Gasteiger partial charge on any atom is -0.384 e. The Labute approximate surface area is 131 Å². The molecule has 0 spiro atoms. The van der Waals surface area contributed by atoms with E-state index in [1.54, 1.807) is 18.3 Å². The van der Waals surface area contributed by atoms with Gasteiger partial charge in [-0.25, -0.2) is 4.98 Å². The number of rotatable bonds is 6. The first-order chi connectivity index (χ1) is 10.6. The third kappa shape index (κ3) is 4.22. The van der Waals surface area contributed by atoms with Gasteiger partial charge < -0.3 is 16.0 Å². The number of pyridine rings is 1. The smallest absolute Gasteiger partial charge is 0.255 e. The number of anilines is 3. The maximum Gasteiger partial charge on any atom is 0.255 e. The highest BCUT2D eigenvalue weighted by atomic mass is 16.1. The van der Waals surface area contributed by atoms with E-state index in [2.05, 4.69) is 29.2 Å². The number of nitrogen functional groups attached to an aromatic ring is 1. The Kier molecular flexibility index (Phi) is 5.36. The van der Waals surface area contributed by atoms with Gasteiger partial charge in [0.2, 0.25) is 0 Å². The van der Waals surface area contributed by atoms with Gasteiger partial charge in [-0.15, -0.1) is 0 Å². The number of aromatic nitrogens is 1. The van der Waals surface area contributed by atoms with Crippen LogP contribution in [0.15, 0.2) is 42.6 Å². The van der Waals surface area contributed by atoms with Crippen LogP contribution < -0.4 is 16.0 Å². The first-order valence-corrected chi connectivity index (χ1v) is 7.44. The highest BCUT2D eigenvalue weighted by molar-refractivity contribution is 6.04. The molecule has 0 bridgehead atoms. The number of benzene rings is 1. The van der Waals surface area contributed by atoms with Crippen molar-refractivity contribution in [1.82, 2.24) is 4.98 Å². The molecule has 0 saturated heterocycles. The monoisotopic (exact) mass is 298 g/mol. The number of nitrogens with one attached hydrogen (secondary N) is 1. The number of unbranched alkanes of at least 4 members (excludes halogenated alkanes) is 1. The molecule has 0 aliphatic heterocycles. The Bertz CT molecular complexity index is 608. The van der Waals surface area contributed by atoms with Gasteiger partial charge in [0.1, 0.15) is 5.82 Å². The summed E-state index contributed by atoms with van der Waals surface area (Å²) >= 11 is 0. The van der Waals surface area contributed by atoms with Gasteiger partial charge in [0.05, 0.1) is 11.9 Å². The molecule has 0 unspecified atom stereocenters. The lowest BCUT2D eigenvalue weighted by atomic mass is 10.1. The van der Waals surface area contributed by atoms with Crippen molar-refractivity contribution in [2.24, 2.45) is 0 Å². The van der Waals surface area contributed by atoms with Crippen LogP contribution in [0.4, 0.5) is 17.2 Å². The molecule has 0 atom stereocenters. The first-order valence-electron chi connectivity index (χ1n) is 7.44. The fraction of sp³-hybridized carbons (Fsp3) is 0.294. The average Bonchev–Trinajstić information content (AvgIpc) is 2.55. The zero-order valence-electron chi connectivity index (χ0n) is 13.0. The molecule has 22 heavy (non-hydrogen) atoms. The van der Waals surface area contributed by atoms with Gasteiger partial charge >= 0.3 is 0 Å². The average molecular weight is 298 g/mol. The van der Waals surface area contributed by atoms with E-state index in [9.17, 15) is 4.79 Å². The molecule has 1 aromatic carbocycles. The zero-order chi connectivity index (χ0) is 15.9. The standard InChI is InChI=1S/C17H22N4O/c1-3-4-11-21(2)15-8-5-13(6-9-15)17(22)20-14-7-10-16(18)19-12-14/h5-10,12H,3-4,11H2,1-2H3,(H2,18,19)(H,20,22). The van der Waals surface area contributed by atoms with Gasteiger partial charge in [0.25, 0.3) is 5.91 Å². The molecule has 3 N–H and O–H groups in total. The van der Waals surface area contributed by atoms with E-state index in [4.69, 9.17) is 5.73 Å². The molecule has 2 aromatic rings. The second kappa shape index (κ2) is 7.45. The number of nitrogens with zero attached hydrogens (tertiary/aromatic N) is 2. The molecular weight excluding hydrogens is 276 g/mol. The molecular formula is C17H22N4O. The Balaban J connectivity index is 2.00. The van der Waals surface area contributed by atoms with Crippen LogP contribution >= 0.6 is 0 Å². The number of carbonyl (C=O) groups excluding carboxylic acids is 1. The minimum absolute atomic E-state index is 0.158. The molecule has 1 heterocycles. The third-order valence-corrected chi connectivity index (χ3v) is 3.46. The SMILES string of the molecule is CCCCN(C)c1ccc(C(=O)Nc2ccc(N)nc2)cc1. The predicted molar refractivity (Wildman–Crippen MR) is 91.2 cm³/mol. The van der Waals surface area contributed by atoms with Crippen molar-refractivity contribution in [3.05, 3.63) is 48.2 Å². The Morgan fingerprint density at radius 3 is 2.55 bits per heavy atom. The second-order valence-electron chi connectivity index (χ2n) is 5.25. The van der Waals surface area contributed by atoms with Gasteiger partial charge in [-0.05, 0) is 42.8 Å². The topological polar surface area (TPSA) is 71.2 Å². The summed E-state index contributed by atoms with van der Waals surface area (Å²) in [6.07, 6.45) is 3.86. The summed E-state index contributed by atoms with van der Waals surface area (Å²) in [5, 5.41) is 2.80. The van der Waals surface area contributed by atoms with Crippen LogP contribution in [-0.4, -0.2) is 24.5 Å². The zero-order valence-corrected chi connectivity index (χ0v) is 13.0. The fourth-order valence-electron chi connectivity index (χ4n) is 2.07. The molecule has 0 saturated carbocycles. The van der Waals surface area contributed by atoms with E-state index >= 15 is 0 Å². The Morgan fingerprint density at radius 1 is 1.23 bits per heavy atom. The molecule has 1 aromatic heterocycles. The quantitative estimate of drug-likeness (QED) is 0.859. The highest BCUT2D eigenvalue weighted by Gasteiger charge is 2.07. The van der Waals surface area contributed by atoms with Crippen LogP contribution in [0, 0.1) is 0 Å². The van der Waals surface area contributed by atoms with Crippen molar-refractivity contribution in [3.63, 3.8) is 0 Å². The van der Waals surface area contributed by atoms with Crippen LogP contribution in [0.3, 0.4) is 0 Å². The van der Waals surface area contributed by atoms with E-state index in [-0.39, 0.29) is 5.91 Å². The summed E-state index contributed by atoms with van der Waals surface area (Å²) in [5.74, 6) is 0.270. The lowest BCUT2D eigenvalue weighted by Crippen LogP contribution is -2.18. The summed E-state index contributed by atoms with van der Waals surface area (Å²) in [5.41, 5.74) is 7.87. The number of amides is 1. The summed E-state index contributed by atoms with van der Waals surface area (Å²) in [7, 11) is 2.06. The van der Waals surface area contributed by atoms with Crippen LogP contribution in [-0.2, 0) is 0 Å². The third-order valence-electron chi connectivity index (χ3n) is 3.46. The van der Waals surface area contributed by atoms with Crippen molar-refractivity contribution < 1.29 is 4.79 Å².